The molecule has 1 unspecified atom stereocenters. The molecule has 120 valence electrons. The summed E-state index contributed by atoms with van der Waals surface area (Å²) in [6, 6.07) is 16.8. The van der Waals surface area contributed by atoms with Gasteiger partial charge in [-0.05, 0) is 42.2 Å². The number of benzene rings is 2. The fourth-order valence-electron chi connectivity index (χ4n) is 2.81. The third-order valence-electron chi connectivity index (χ3n) is 4.15. The minimum Gasteiger partial charge on any atom is -0.489 e. The summed E-state index contributed by atoms with van der Waals surface area (Å²) in [5.41, 5.74) is 9.55. The van der Waals surface area contributed by atoms with E-state index in [1.807, 2.05) is 24.3 Å². The Labute approximate surface area is 136 Å². The molecule has 0 saturated heterocycles. The van der Waals surface area contributed by atoms with Crippen LogP contribution in [0.15, 0.2) is 60.4 Å². The third-order valence-corrected chi connectivity index (χ3v) is 4.15. The second-order valence-corrected chi connectivity index (χ2v) is 5.73. The van der Waals surface area contributed by atoms with Gasteiger partial charge in [-0.3, -0.25) is 0 Å². The summed E-state index contributed by atoms with van der Waals surface area (Å²) in [4.78, 5) is 0. The van der Waals surface area contributed by atoms with Gasteiger partial charge in [-0.25, -0.2) is 4.39 Å². The van der Waals surface area contributed by atoms with Crippen molar-refractivity contribution in [2.75, 3.05) is 18.5 Å². The summed E-state index contributed by atoms with van der Waals surface area (Å²) in [5, 5.41) is 3.58. The van der Waals surface area contributed by atoms with Gasteiger partial charge in [-0.1, -0.05) is 30.3 Å². The molecule has 0 saturated carbocycles. The lowest BCUT2D eigenvalue weighted by molar-refractivity contribution is 0.347. The van der Waals surface area contributed by atoms with Gasteiger partial charge in [0.2, 0.25) is 0 Å². The third kappa shape index (κ3) is 3.71. The van der Waals surface area contributed by atoms with E-state index in [1.165, 1.54) is 11.1 Å². The van der Waals surface area contributed by atoms with Gasteiger partial charge in [0, 0.05) is 17.8 Å². The van der Waals surface area contributed by atoms with Crippen molar-refractivity contribution in [2.24, 2.45) is 5.73 Å². The number of aryl methyl sites for hydroxylation is 1. The van der Waals surface area contributed by atoms with E-state index in [9.17, 15) is 4.39 Å². The molecule has 0 spiro atoms. The van der Waals surface area contributed by atoms with Crippen molar-refractivity contribution < 1.29 is 9.13 Å². The molecule has 0 aromatic heterocycles. The first kappa shape index (κ1) is 15.6. The normalized spacial score (nSPS) is 17.3. The van der Waals surface area contributed by atoms with Crippen molar-refractivity contribution in [1.29, 1.82) is 0 Å². The van der Waals surface area contributed by atoms with Crippen molar-refractivity contribution in [2.45, 2.75) is 18.9 Å². The molecule has 0 fully saturated rings. The Morgan fingerprint density at radius 1 is 1.26 bits per heavy atom. The highest BCUT2D eigenvalue weighted by molar-refractivity contribution is 5.57. The first-order valence-corrected chi connectivity index (χ1v) is 7.85. The summed E-state index contributed by atoms with van der Waals surface area (Å²) in [5.74, 6) is 0.747. The van der Waals surface area contributed by atoms with Crippen LogP contribution >= 0.6 is 0 Å². The van der Waals surface area contributed by atoms with Crippen molar-refractivity contribution >= 4 is 5.69 Å². The fourth-order valence-corrected chi connectivity index (χ4v) is 2.81. The number of halogens is 1. The number of rotatable bonds is 5. The Morgan fingerprint density at radius 3 is 2.83 bits per heavy atom. The number of fused-ring (bicyclic) bond motifs is 1. The van der Waals surface area contributed by atoms with Crippen LogP contribution in [0.2, 0.25) is 0 Å². The first-order chi connectivity index (χ1) is 11.3. The maximum atomic E-state index is 12.5. The van der Waals surface area contributed by atoms with Gasteiger partial charge >= 0.3 is 0 Å². The average molecular weight is 312 g/mol. The van der Waals surface area contributed by atoms with Crippen LogP contribution in [-0.4, -0.2) is 13.2 Å². The fraction of sp³-hybridized carbons (Fsp3) is 0.263. The molecule has 1 heterocycles. The maximum Gasteiger partial charge on any atom is 0.120 e. The minimum atomic E-state index is 0.168. The lowest BCUT2D eigenvalue weighted by Gasteiger charge is -2.28. The molecule has 3 rings (SSSR count). The smallest absolute Gasteiger partial charge is 0.120 e. The molecule has 0 bridgehead atoms. The van der Waals surface area contributed by atoms with Crippen LogP contribution in [0.1, 0.15) is 23.6 Å². The Kier molecular flexibility index (Phi) is 4.93. The average Bonchev–Trinajstić information content (AvgIpc) is 2.63. The van der Waals surface area contributed by atoms with E-state index in [1.54, 1.807) is 0 Å². The number of nitrogens with one attached hydrogen (secondary N) is 1. The summed E-state index contributed by atoms with van der Waals surface area (Å²) in [6.07, 6.45) is 2.55. The molecule has 1 aliphatic heterocycles. The lowest BCUT2D eigenvalue weighted by Crippen LogP contribution is -2.18. The lowest BCUT2D eigenvalue weighted by atomic mass is 9.93. The number of hydrogen-bond acceptors (Lipinski definition) is 3. The zero-order valence-corrected chi connectivity index (χ0v) is 13.0. The molecule has 1 aliphatic rings. The highest BCUT2D eigenvalue weighted by Gasteiger charge is 2.19. The molecule has 0 radical (unpaired) electrons. The van der Waals surface area contributed by atoms with Gasteiger partial charge in [0.25, 0.3) is 0 Å². The topological polar surface area (TPSA) is 47.3 Å². The zero-order chi connectivity index (χ0) is 16.1. The van der Waals surface area contributed by atoms with Crippen molar-refractivity contribution in [3.63, 3.8) is 0 Å². The summed E-state index contributed by atoms with van der Waals surface area (Å²) >= 11 is 0. The van der Waals surface area contributed by atoms with E-state index in [0.29, 0.717) is 17.9 Å². The second-order valence-electron chi connectivity index (χ2n) is 5.73. The van der Waals surface area contributed by atoms with Crippen LogP contribution in [0.3, 0.4) is 0 Å². The van der Waals surface area contributed by atoms with Crippen LogP contribution in [-0.2, 0) is 6.42 Å². The Hall–Kier alpha value is -2.33. The van der Waals surface area contributed by atoms with Crippen molar-refractivity contribution in [1.82, 2.24) is 0 Å². The van der Waals surface area contributed by atoms with Gasteiger partial charge in [0.1, 0.15) is 12.4 Å². The molecule has 2 aromatic carbocycles. The van der Waals surface area contributed by atoms with Gasteiger partial charge in [-0.2, -0.15) is 0 Å². The number of nitrogens with two attached hydrogens (primary N) is 1. The zero-order valence-electron chi connectivity index (χ0n) is 13.0. The van der Waals surface area contributed by atoms with Crippen molar-refractivity contribution in [3.8, 4) is 5.75 Å². The van der Waals surface area contributed by atoms with Gasteiger partial charge < -0.3 is 15.8 Å². The molecule has 3 N–H and O–H groups in total. The van der Waals surface area contributed by atoms with E-state index in [0.717, 1.165) is 24.3 Å². The van der Waals surface area contributed by atoms with Crippen LogP contribution in [0.25, 0.3) is 0 Å². The summed E-state index contributed by atoms with van der Waals surface area (Å²) in [7, 11) is 0. The van der Waals surface area contributed by atoms with Gasteiger partial charge in [0.05, 0.1) is 12.4 Å². The van der Waals surface area contributed by atoms with Crippen LogP contribution in [0.4, 0.5) is 10.1 Å². The molecule has 0 amide bonds. The molecule has 0 aliphatic carbocycles. The molecule has 3 nitrogen and oxygen atoms in total. The van der Waals surface area contributed by atoms with Gasteiger partial charge in [0.15, 0.2) is 0 Å². The highest BCUT2D eigenvalue weighted by Crippen LogP contribution is 2.34. The second kappa shape index (κ2) is 7.29. The molecule has 1 atom stereocenters. The largest absolute Gasteiger partial charge is 0.489 e. The quantitative estimate of drug-likeness (QED) is 0.878. The SMILES string of the molecule is NC/C(=C/F)COc1ccc2c(c1)CCC(c1ccccc1)N2. The first-order valence-electron chi connectivity index (χ1n) is 7.85. The van der Waals surface area contributed by atoms with Crippen LogP contribution in [0.5, 0.6) is 5.75 Å². The standard InChI is InChI=1S/C19H21FN2O/c20-11-14(12-21)13-23-17-7-9-19-16(10-17)6-8-18(22-19)15-4-2-1-3-5-15/h1-5,7,9-11,18,22H,6,8,12-13,21H2/b14-11-. The predicted octanol–water partition coefficient (Wildman–Crippen LogP) is 3.98. The Bertz CT molecular complexity index is 685. The van der Waals surface area contributed by atoms with E-state index in [-0.39, 0.29) is 13.2 Å². The molecule has 4 heteroatoms. The van der Waals surface area contributed by atoms with Gasteiger partial charge in [-0.15, -0.1) is 0 Å². The monoisotopic (exact) mass is 312 g/mol. The van der Waals surface area contributed by atoms with E-state index >= 15 is 0 Å². The molecule has 23 heavy (non-hydrogen) atoms. The van der Waals surface area contributed by atoms with Crippen LogP contribution < -0.4 is 15.8 Å². The minimum absolute atomic E-state index is 0.168. The summed E-state index contributed by atoms with van der Waals surface area (Å²) < 4.78 is 18.1. The molecular weight excluding hydrogens is 291 g/mol. The number of hydrogen-bond donors (Lipinski definition) is 2. The Morgan fingerprint density at radius 2 is 2.09 bits per heavy atom. The molecular formula is C19H21FN2O. The number of ether oxygens (including phenoxy) is 1. The maximum absolute atomic E-state index is 12.5. The van der Waals surface area contributed by atoms with E-state index < -0.39 is 0 Å². The van der Waals surface area contributed by atoms with E-state index in [4.69, 9.17) is 10.5 Å². The van der Waals surface area contributed by atoms with Crippen LogP contribution in [0, 0.1) is 0 Å². The number of anilines is 1. The Balaban J connectivity index is 1.69. The van der Waals surface area contributed by atoms with Crippen molar-refractivity contribution in [3.05, 3.63) is 71.6 Å². The predicted molar refractivity (Wildman–Crippen MR) is 91.3 cm³/mol. The summed E-state index contributed by atoms with van der Waals surface area (Å²) in [6.45, 7) is 0.355. The molecule has 2 aromatic rings. The van der Waals surface area contributed by atoms with E-state index in [2.05, 4.69) is 29.6 Å². The highest BCUT2D eigenvalue weighted by atomic mass is 19.1.